The number of rotatable bonds is 6. The molecule has 14 rings (SSSR count). The van der Waals surface area contributed by atoms with Crippen molar-refractivity contribution in [3.8, 4) is 11.4 Å². The Kier molecular flexibility index (Phi) is 12.2. The molecule has 4 nitrogen and oxygen atoms in total. The van der Waals surface area contributed by atoms with Gasteiger partial charge in [0.2, 0.25) is 0 Å². The van der Waals surface area contributed by atoms with Gasteiger partial charge in [-0.2, -0.15) is 0 Å². The van der Waals surface area contributed by atoms with Gasteiger partial charge in [-0.15, -0.1) is 0 Å². The van der Waals surface area contributed by atoms with Crippen LogP contribution >= 0.6 is 0 Å². The third-order valence-corrected chi connectivity index (χ3v) is 17.2. The number of fused-ring (bicyclic) bond motifs is 14. The van der Waals surface area contributed by atoms with E-state index in [1.165, 1.54) is 87.6 Å². The minimum atomic E-state index is -0.469. The SMILES string of the molecule is C=C/C=C(\C=C/C)n1c2ccccc2c2cc(N3/C(C)=C/CC4(C/C=c5\c(c6ccccc6n5-c5ccc6c(c5)c5ccccc5n6-c5ccccc5)=C/C(C)c5ccccc54)c4ccccc4C/C=C/c4ccccc43)ccc21. The molecule has 1 aliphatic heterocycles. The van der Waals surface area contributed by atoms with Crippen LogP contribution in [0.15, 0.2) is 261 Å². The molecule has 2 unspecified atom stereocenters. The molecule has 0 radical (unpaired) electrons. The van der Waals surface area contributed by atoms with Crippen molar-refractivity contribution in [3.05, 3.63) is 299 Å². The van der Waals surface area contributed by atoms with Crippen LogP contribution in [0.4, 0.5) is 11.4 Å². The number of benzene rings is 9. The molecule has 12 aromatic rings. The number of aromatic nitrogens is 3. The molecule has 9 aromatic carbocycles. The molecule has 80 heavy (non-hydrogen) atoms. The van der Waals surface area contributed by atoms with Crippen LogP contribution in [0.5, 0.6) is 0 Å². The van der Waals surface area contributed by atoms with Gasteiger partial charge in [-0.1, -0.05) is 196 Å². The van der Waals surface area contributed by atoms with Gasteiger partial charge in [0.25, 0.3) is 0 Å². The summed E-state index contributed by atoms with van der Waals surface area (Å²) in [4.78, 5) is 2.50. The average molecular weight is 1030 g/mol. The molecule has 1 aliphatic carbocycles. The lowest BCUT2D eigenvalue weighted by molar-refractivity contribution is 0.527. The Balaban J connectivity index is 1.00. The molecular weight excluding hydrogens is 969 g/mol. The highest BCUT2D eigenvalue weighted by atomic mass is 15.1. The fourth-order valence-electron chi connectivity index (χ4n) is 13.6. The minimum Gasteiger partial charge on any atom is -0.314 e. The normalized spacial score (nSPS) is 18.6. The zero-order valence-electron chi connectivity index (χ0n) is 45.6. The Morgan fingerprint density at radius 2 is 1.15 bits per heavy atom. The Hall–Kier alpha value is -9.64. The average Bonchev–Trinajstić information content (AvgIpc) is 4.27. The summed E-state index contributed by atoms with van der Waals surface area (Å²) in [5.41, 5.74) is 18.9. The Morgan fingerprint density at radius 3 is 1.96 bits per heavy atom. The van der Waals surface area contributed by atoms with E-state index in [1.807, 2.05) is 6.08 Å². The van der Waals surface area contributed by atoms with Crippen molar-refractivity contribution < 1.29 is 0 Å². The number of allylic oxidation sites excluding steroid dienone is 8. The van der Waals surface area contributed by atoms with Crippen molar-refractivity contribution in [2.24, 2.45) is 0 Å². The van der Waals surface area contributed by atoms with Crippen LogP contribution < -0.4 is 15.5 Å². The van der Waals surface area contributed by atoms with Crippen molar-refractivity contribution in [2.45, 2.75) is 51.4 Å². The number of anilines is 2. The number of nitrogens with zero attached hydrogens (tertiary/aromatic N) is 4. The lowest BCUT2D eigenvalue weighted by Crippen LogP contribution is -2.32. The molecule has 0 fully saturated rings. The van der Waals surface area contributed by atoms with E-state index in [0.29, 0.717) is 0 Å². The quantitative estimate of drug-likeness (QED) is 0.152. The van der Waals surface area contributed by atoms with Gasteiger partial charge in [-0.3, -0.25) is 0 Å². The largest absolute Gasteiger partial charge is 0.314 e. The molecule has 2 atom stereocenters. The van der Waals surface area contributed by atoms with E-state index in [-0.39, 0.29) is 5.92 Å². The summed E-state index contributed by atoms with van der Waals surface area (Å²) >= 11 is 0. The van der Waals surface area contributed by atoms with E-state index < -0.39 is 5.41 Å². The molecule has 4 heterocycles. The number of hydrogen-bond donors (Lipinski definition) is 0. The molecule has 4 heteroatoms. The topological polar surface area (TPSA) is 18.0 Å². The van der Waals surface area contributed by atoms with E-state index in [0.717, 1.165) is 58.7 Å². The molecule has 3 aromatic heterocycles. The zero-order valence-corrected chi connectivity index (χ0v) is 45.6. The highest BCUT2D eigenvalue weighted by Crippen LogP contribution is 2.47. The summed E-state index contributed by atoms with van der Waals surface area (Å²) in [7, 11) is 0. The summed E-state index contributed by atoms with van der Waals surface area (Å²) < 4.78 is 7.33. The van der Waals surface area contributed by atoms with Gasteiger partial charge in [0, 0.05) is 77.3 Å². The standard InChI is InChI=1S/C76H62N4/c1-5-23-56(24-6-2)78-70-38-19-14-33-62(70)65-50-58(41-43-73(65)78)77-53(4)45-47-76(67-35-16-10-25-54(67)27-22-28-55-26-11-18-37-69(55)77)48-46-75-64(49-52(3)60-31-12-17-36-68(60)76)61-32-13-21-40-72(61)80(75)59-42-44-74-66(51-59)63-34-15-20-39-71(63)79(74)57-29-8-7-9-30-57/h5-26,28-46,49-52H,1,27,47-48H2,2-4H3/b24-6-,28-22+,53-45+,56-23+,64-49-,75-46+. The van der Waals surface area contributed by atoms with Crippen LogP contribution in [0.2, 0.25) is 0 Å². The minimum absolute atomic E-state index is 0.101. The van der Waals surface area contributed by atoms with Gasteiger partial charge in [-0.25, -0.2) is 0 Å². The van der Waals surface area contributed by atoms with Gasteiger partial charge in [-0.05, 0) is 146 Å². The molecule has 0 bridgehead atoms. The summed E-state index contributed by atoms with van der Waals surface area (Å²) in [6, 6.07) is 79.1. The molecule has 1 spiro atoms. The van der Waals surface area contributed by atoms with Gasteiger partial charge in [0.05, 0.1) is 33.3 Å². The first kappa shape index (κ1) is 48.7. The Bertz CT molecular complexity index is 4700. The second kappa shape index (κ2) is 20.0. The van der Waals surface area contributed by atoms with Gasteiger partial charge < -0.3 is 18.6 Å². The van der Waals surface area contributed by atoms with E-state index in [4.69, 9.17) is 0 Å². The third-order valence-electron chi connectivity index (χ3n) is 17.2. The first-order valence-electron chi connectivity index (χ1n) is 28.2. The summed E-state index contributed by atoms with van der Waals surface area (Å²) in [6.45, 7) is 10.9. The maximum Gasteiger partial charge on any atom is 0.0542 e. The van der Waals surface area contributed by atoms with Gasteiger partial charge in [0.1, 0.15) is 0 Å². The number of para-hydroxylation sites is 5. The van der Waals surface area contributed by atoms with Crippen molar-refractivity contribution in [3.63, 3.8) is 0 Å². The van der Waals surface area contributed by atoms with Crippen LogP contribution in [0.25, 0.3) is 89.8 Å². The van der Waals surface area contributed by atoms with Gasteiger partial charge >= 0.3 is 0 Å². The second-order valence-electron chi connectivity index (χ2n) is 21.7. The molecule has 0 saturated carbocycles. The first-order valence-corrected chi connectivity index (χ1v) is 28.2. The Morgan fingerprint density at radius 1 is 0.550 bits per heavy atom. The first-order chi connectivity index (χ1) is 39.4. The van der Waals surface area contributed by atoms with Crippen LogP contribution in [0.3, 0.4) is 0 Å². The molecule has 0 amide bonds. The van der Waals surface area contributed by atoms with Gasteiger partial charge in [0.15, 0.2) is 0 Å². The lowest BCUT2D eigenvalue weighted by atomic mass is 9.65. The summed E-state index contributed by atoms with van der Waals surface area (Å²) in [5, 5.41) is 8.65. The smallest absolute Gasteiger partial charge is 0.0542 e. The van der Waals surface area contributed by atoms with Crippen LogP contribution in [-0.4, -0.2) is 13.7 Å². The second-order valence-corrected chi connectivity index (χ2v) is 21.7. The third kappa shape index (κ3) is 7.88. The fraction of sp³-hybridized carbons (Fsp3) is 0.105. The van der Waals surface area contributed by atoms with Crippen molar-refractivity contribution in [1.29, 1.82) is 0 Å². The van der Waals surface area contributed by atoms with Crippen molar-refractivity contribution in [2.75, 3.05) is 4.90 Å². The predicted octanol–water partition coefficient (Wildman–Crippen LogP) is 18.2. The Labute approximate surface area is 468 Å². The highest BCUT2D eigenvalue weighted by molar-refractivity contribution is 6.12. The number of hydrogen-bond acceptors (Lipinski definition) is 1. The van der Waals surface area contributed by atoms with E-state index in [2.05, 4.69) is 307 Å². The van der Waals surface area contributed by atoms with Crippen LogP contribution in [0, 0.1) is 0 Å². The lowest BCUT2D eigenvalue weighted by Gasteiger charge is -2.38. The highest BCUT2D eigenvalue weighted by Gasteiger charge is 2.38. The monoisotopic (exact) mass is 1030 g/mol. The van der Waals surface area contributed by atoms with E-state index >= 15 is 0 Å². The zero-order chi connectivity index (χ0) is 53.9. The maximum absolute atomic E-state index is 4.09. The van der Waals surface area contributed by atoms with E-state index in [1.54, 1.807) is 0 Å². The molecule has 386 valence electrons. The molecule has 0 saturated heterocycles. The summed E-state index contributed by atoms with van der Waals surface area (Å²) in [6.07, 6.45) is 23.0. The van der Waals surface area contributed by atoms with Crippen LogP contribution in [0.1, 0.15) is 67.3 Å². The van der Waals surface area contributed by atoms with Crippen molar-refractivity contribution in [1.82, 2.24) is 13.7 Å². The van der Waals surface area contributed by atoms with Crippen LogP contribution in [-0.2, 0) is 11.8 Å². The van der Waals surface area contributed by atoms with E-state index in [9.17, 15) is 0 Å². The molecular formula is C76H62N4. The van der Waals surface area contributed by atoms with Crippen molar-refractivity contribution >= 4 is 89.8 Å². The molecule has 0 N–H and O–H groups in total. The summed E-state index contributed by atoms with van der Waals surface area (Å²) in [5.74, 6) is 0.101. The molecule has 2 aliphatic rings. The fourth-order valence-corrected chi connectivity index (χ4v) is 13.6. The maximum atomic E-state index is 4.09. The predicted molar refractivity (Wildman–Crippen MR) is 341 cm³/mol.